The Balaban J connectivity index is 2.21. The maximum Gasteiger partial charge on any atom is 0.248 e. The number of nitrogens with zero attached hydrogens (tertiary/aromatic N) is 2. The van der Waals surface area contributed by atoms with Crippen LogP contribution in [0.1, 0.15) is 37.4 Å². The van der Waals surface area contributed by atoms with Crippen LogP contribution in [0.15, 0.2) is 6.20 Å². The van der Waals surface area contributed by atoms with Crippen molar-refractivity contribution in [3.8, 4) is 11.8 Å². The van der Waals surface area contributed by atoms with Crippen LogP contribution < -0.4 is 14.8 Å². The van der Waals surface area contributed by atoms with E-state index in [0.717, 1.165) is 0 Å². The Morgan fingerprint density at radius 3 is 2.48 bits per heavy atom. The van der Waals surface area contributed by atoms with Gasteiger partial charge in [-0.3, -0.25) is 0 Å². The minimum atomic E-state index is -2.54. The fraction of sp³-hybridized carbons (Fsp3) is 0.714. The first-order chi connectivity index (χ1) is 10.0. The smallest absolute Gasteiger partial charge is 0.248 e. The molecule has 5 nitrogen and oxygen atoms in total. The molecule has 2 rings (SSSR count). The van der Waals surface area contributed by atoms with E-state index >= 15 is 0 Å². The first-order valence-electron chi connectivity index (χ1n) is 7.00. The number of aromatic nitrogens is 2. The fourth-order valence-corrected chi connectivity index (χ4v) is 2.82. The van der Waals surface area contributed by atoms with Gasteiger partial charge in [0, 0.05) is 12.8 Å². The van der Waals surface area contributed by atoms with E-state index in [1.54, 1.807) is 7.05 Å². The molecule has 21 heavy (non-hydrogen) atoms. The van der Waals surface area contributed by atoms with Crippen molar-refractivity contribution in [3.05, 3.63) is 11.9 Å². The summed E-state index contributed by atoms with van der Waals surface area (Å²) in [7, 11) is 4.80. The molecule has 1 N–H and O–H groups in total. The van der Waals surface area contributed by atoms with Gasteiger partial charge < -0.3 is 14.8 Å². The second kappa shape index (κ2) is 6.51. The Labute approximate surface area is 123 Å². The minimum Gasteiger partial charge on any atom is -0.480 e. The van der Waals surface area contributed by atoms with Gasteiger partial charge in [-0.1, -0.05) is 0 Å². The van der Waals surface area contributed by atoms with Gasteiger partial charge in [-0.15, -0.1) is 0 Å². The summed E-state index contributed by atoms with van der Waals surface area (Å²) in [4.78, 5) is 8.55. The molecule has 0 bridgehead atoms. The third kappa shape index (κ3) is 3.58. The van der Waals surface area contributed by atoms with Gasteiger partial charge in [-0.2, -0.15) is 4.98 Å². The van der Waals surface area contributed by atoms with Gasteiger partial charge in [0.05, 0.1) is 26.5 Å². The van der Waals surface area contributed by atoms with Crippen molar-refractivity contribution in [3.63, 3.8) is 0 Å². The first-order valence-corrected chi connectivity index (χ1v) is 7.00. The molecule has 1 aromatic heterocycles. The molecule has 0 aromatic carbocycles. The van der Waals surface area contributed by atoms with Crippen LogP contribution >= 0.6 is 0 Å². The Hall–Kier alpha value is -1.50. The van der Waals surface area contributed by atoms with Crippen molar-refractivity contribution in [1.29, 1.82) is 0 Å². The van der Waals surface area contributed by atoms with Crippen LogP contribution in [-0.4, -0.2) is 37.2 Å². The lowest BCUT2D eigenvalue weighted by atomic mass is 9.81. The molecule has 1 aromatic rings. The number of hydrogen-bond acceptors (Lipinski definition) is 5. The summed E-state index contributed by atoms with van der Waals surface area (Å²) in [5.74, 6) is -1.72. The Bertz CT molecular complexity index is 475. The molecule has 7 heteroatoms. The summed E-state index contributed by atoms with van der Waals surface area (Å²) >= 11 is 0. The minimum absolute atomic E-state index is 0.0816. The predicted octanol–water partition coefficient (Wildman–Crippen LogP) is 2.58. The Morgan fingerprint density at radius 1 is 1.29 bits per heavy atom. The molecular weight excluding hydrogens is 280 g/mol. The van der Waals surface area contributed by atoms with Gasteiger partial charge in [0.1, 0.15) is 5.69 Å². The number of nitrogens with one attached hydrogen (secondary N) is 1. The van der Waals surface area contributed by atoms with Crippen LogP contribution in [0, 0.1) is 5.92 Å². The highest BCUT2D eigenvalue weighted by Gasteiger charge is 2.38. The lowest BCUT2D eigenvalue weighted by molar-refractivity contribution is -0.0497. The standard InChI is InChI=1S/C14H21F2N3O2/c1-17-11(9-4-6-14(15,16)7-5-9)12-13(21-3)19-10(20-2)8-18-12/h8-9,11,17H,4-7H2,1-3H3. The summed E-state index contributed by atoms with van der Waals surface area (Å²) in [6.45, 7) is 0. The number of alkyl halides is 2. The van der Waals surface area contributed by atoms with Crippen LogP contribution in [0.25, 0.3) is 0 Å². The molecular formula is C14H21F2N3O2. The summed E-state index contributed by atoms with van der Waals surface area (Å²) in [6.07, 6.45) is 2.26. The van der Waals surface area contributed by atoms with E-state index in [4.69, 9.17) is 9.47 Å². The zero-order valence-electron chi connectivity index (χ0n) is 12.5. The number of rotatable bonds is 5. The molecule has 1 aliphatic carbocycles. The number of methoxy groups -OCH3 is 2. The van der Waals surface area contributed by atoms with Crippen molar-refractivity contribution in [1.82, 2.24) is 15.3 Å². The zero-order valence-corrected chi connectivity index (χ0v) is 12.5. The number of halogens is 2. The second-order valence-electron chi connectivity index (χ2n) is 5.27. The van der Waals surface area contributed by atoms with Gasteiger partial charge in [0.2, 0.25) is 17.7 Å². The molecule has 118 valence electrons. The number of hydrogen-bond donors (Lipinski definition) is 1. The van der Waals surface area contributed by atoms with E-state index < -0.39 is 5.92 Å². The van der Waals surface area contributed by atoms with E-state index in [1.165, 1.54) is 20.4 Å². The van der Waals surface area contributed by atoms with Crippen molar-refractivity contribution in [2.75, 3.05) is 21.3 Å². The Kier molecular flexibility index (Phi) is 4.92. The van der Waals surface area contributed by atoms with Crippen molar-refractivity contribution in [2.24, 2.45) is 5.92 Å². The van der Waals surface area contributed by atoms with Crippen LogP contribution in [0.4, 0.5) is 8.78 Å². The van der Waals surface area contributed by atoms with Crippen molar-refractivity contribution < 1.29 is 18.3 Å². The highest BCUT2D eigenvalue weighted by molar-refractivity contribution is 5.26. The lowest BCUT2D eigenvalue weighted by Crippen LogP contribution is -2.33. The molecule has 1 heterocycles. The van der Waals surface area contributed by atoms with E-state index in [1.807, 2.05) is 0 Å². The van der Waals surface area contributed by atoms with Gasteiger partial charge in [-0.05, 0) is 25.8 Å². The van der Waals surface area contributed by atoms with E-state index in [-0.39, 0.29) is 24.8 Å². The van der Waals surface area contributed by atoms with Crippen LogP contribution in [0.3, 0.4) is 0 Å². The first kappa shape index (κ1) is 15.9. The maximum absolute atomic E-state index is 13.3. The summed E-state index contributed by atoms with van der Waals surface area (Å²) < 4.78 is 36.9. The summed E-state index contributed by atoms with van der Waals surface area (Å²) in [5, 5.41) is 3.16. The number of ether oxygens (including phenoxy) is 2. The highest BCUT2D eigenvalue weighted by atomic mass is 19.3. The quantitative estimate of drug-likeness (QED) is 0.906. The van der Waals surface area contributed by atoms with Gasteiger partial charge in [0.25, 0.3) is 0 Å². The maximum atomic E-state index is 13.3. The fourth-order valence-electron chi connectivity index (χ4n) is 2.82. The van der Waals surface area contributed by atoms with Crippen molar-refractivity contribution >= 4 is 0 Å². The molecule has 0 aliphatic heterocycles. The molecule has 1 atom stereocenters. The second-order valence-corrected chi connectivity index (χ2v) is 5.27. The topological polar surface area (TPSA) is 56.3 Å². The molecule has 1 fully saturated rings. The normalized spacial score (nSPS) is 20.0. The highest BCUT2D eigenvalue weighted by Crippen LogP contribution is 2.42. The van der Waals surface area contributed by atoms with Crippen LogP contribution in [-0.2, 0) is 0 Å². The third-order valence-corrected chi connectivity index (χ3v) is 3.99. The zero-order chi connectivity index (χ0) is 15.5. The lowest BCUT2D eigenvalue weighted by Gasteiger charge is -2.33. The van der Waals surface area contributed by atoms with Gasteiger partial charge in [0.15, 0.2) is 0 Å². The van der Waals surface area contributed by atoms with Gasteiger partial charge >= 0.3 is 0 Å². The molecule has 0 saturated heterocycles. The summed E-state index contributed by atoms with van der Waals surface area (Å²) in [6, 6.07) is -0.158. The molecule has 0 spiro atoms. The summed E-state index contributed by atoms with van der Waals surface area (Å²) in [5.41, 5.74) is 0.635. The van der Waals surface area contributed by atoms with E-state index in [9.17, 15) is 8.78 Å². The average molecular weight is 301 g/mol. The SMILES string of the molecule is CNC(c1ncc(OC)nc1OC)C1CCC(F)(F)CC1. The van der Waals surface area contributed by atoms with Crippen molar-refractivity contribution in [2.45, 2.75) is 37.6 Å². The van der Waals surface area contributed by atoms with Gasteiger partial charge in [-0.25, -0.2) is 13.8 Å². The molecule has 0 radical (unpaired) electrons. The molecule has 1 unspecified atom stereocenters. The third-order valence-electron chi connectivity index (χ3n) is 3.99. The average Bonchev–Trinajstić information content (AvgIpc) is 2.49. The van der Waals surface area contributed by atoms with E-state index in [2.05, 4.69) is 15.3 Å². The Morgan fingerprint density at radius 2 is 1.95 bits per heavy atom. The molecule has 0 amide bonds. The van der Waals surface area contributed by atoms with E-state index in [0.29, 0.717) is 30.3 Å². The predicted molar refractivity (Wildman–Crippen MR) is 73.8 cm³/mol. The molecule has 1 aliphatic rings. The van der Waals surface area contributed by atoms with Crippen LogP contribution in [0.5, 0.6) is 11.8 Å². The molecule has 1 saturated carbocycles. The largest absolute Gasteiger partial charge is 0.480 e. The monoisotopic (exact) mass is 301 g/mol. The van der Waals surface area contributed by atoms with Crippen LogP contribution in [0.2, 0.25) is 0 Å².